The molecule has 0 aliphatic carbocycles. The molecular weight excluding hydrogens is 378 g/mol. The average molecular weight is 393 g/mol. The molecule has 0 N–H and O–H groups in total. The van der Waals surface area contributed by atoms with E-state index in [0.29, 0.717) is 37.8 Å². The Morgan fingerprint density at radius 2 is 2.00 bits per heavy atom. The van der Waals surface area contributed by atoms with Gasteiger partial charge >= 0.3 is 0 Å². The largest absolute Gasteiger partial charge is 0.459 e. The summed E-state index contributed by atoms with van der Waals surface area (Å²) in [6.45, 7) is 1.62. The standard InChI is InChI=1S/C19H15N5O5/c20-12-15-19(29-17(21-15)16-5-2-10-28-16)23-8-6-22(7-9-23)18(25)13-3-1-4-14(11-13)24(26)27/h1-5,10-11H,6-9H2. The number of rotatable bonds is 4. The van der Waals surface area contributed by atoms with Gasteiger partial charge in [-0.25, -0.2) is 0 Å². The van der Waals surface area contributed by atoms with E-state index in [1.54, 1.807) is 23.1 Å². The van der Waals surface area contributed by atoms with Crippen molar-refractivity contribution in [3.8, 4) is 17.7 Å². The molecule has 0 bridgehead atoms. The Kier molecular flexibility index (Phi) is 4.70. The second-order valence-corrected chi connectivity index (χ2v) is 6.35. The first-order chi connectivity index (χ1) is 14.1. The van der Waals surface area contributed by atoms with Gasteiger partial charge in [0.2, 0.25) is 11.6 Å². The van der Waals surface area contributed by atoms with Crippen molar-refractivity contribution in [1.29, 1.82) is 5.26 Å². The van der Waals surface area contributed by atoms with Crippen LogP contribution in [0.4, 0.5) is 11.6 Å². The number of non-ortho nitro benzene ring substituents is 1. The van der Waals surface area contributed by atoms with Gasteiger partial charge in [0.15, 0.2) is 5.76 Å². The van der Waals surface area contributed by atoms with Gasteiger partial charge in [-0.3, -0.25) is 14.9 Å². The monoisotopic (exact) mass is 393 g/mol. The highest BCUT2D eigenvalue weighted by Crippen LogP contribution is 2.29. The summed E-state index contributed by atoms with van der Waals surface area (Å²) in [5.41, 5.74) is 0.292. The lowest BCUT2D eigenvalue weighted by Gasteiger charge is -2.34. The third kappa shape index (κ3) is 3.53. The Morgan fingerprint density at radius 3 is 2.66 bits per heavy atom. The van der Waals surface area contributed by atoms with Gasteiger partial charge in [0.05, 0.1) is 11.2 Å². The summed E-state index contributed by atoms with van der Waals surface area (Å²) < 4.78 is 11.0. The minimum atomic E-state index is -0.529. The molecule has 0 spiro atoms. The second-order valence-electron chi connectivity index (χ2n) is 6.35. The van der Waals surface area contributed by atoms with Gasteiger partial charge in [-0.05, 0) is 18.2 Å². The molecule has 3 heterocycles. The fraction of sp³-hybridized carbons (Fsp3) is 0.211. The lowest BCUT2D eigenvalue weighted by Crippen LogP contribution is -2.48. The smallest absolute Gasteiger partial charge is 0.270 e. The number of hydrogen-bond acceptors (Lipinski definition) is 8. The van der Waals surface area contributed by atoms with Gasteiger partial charge in [-0.15, -0.1) is 0 Å². The van der Waals surface area contributed by atoms with Crippen LogP contribution in [0.25, 0.3) is 11.7 Å². The van der Waals surface area contributed by atoms with Crippen LogP contribution in [0.15, 0.2) is 51.5 Å². The molecule has 10 nitrogen and oxygen atoms in total. The predicted octanol–water partition coefficient (Wildman–Crippen LogP) is 2.68. The van der Waals surface area contributed by atoms with Crippen molar-refractivity contribution < 1.29 is 18.6 Å². The van der Waals surface area contributed by atoms with Crippen LogP contribution >= 0.6 is 0 Å². The Morgan fingerprint density at radius 1 is 1.21 bits per heavy atom. The summed E-state index contributed by atoms with van der Waals surface area (Å²) in [5.74, 6) is 0.702. The summed E-state index contributed by atoms with van der Waals surface area (Å²) in [7, 11) is 0. The normalized spacial score (nSPS) is 13.9. The number of amides is 1. The van der Waals surface area contributed by atoms with E-state index in [2.05, 4.69) is 4.98 Å². The van der Waals surface area contributed by atoms with Crippen molar-refractivity contribution in [1.82, 2.24) is 9.88 Å². The van der Waals surface area contributed by atoms with E-state index in [9.17, 15) is 20.2 Å². The highest BCUT2D eigenvalue weighted by molar-refractivity contribution is 5.95. The topological polar surface area (TPSA) is 130 Å². The van der Waals surface area contributed by atoms with Gasteiger partial charge in [0.25, 0.3) is 17.5 Å². The first-order valence-corrected chi connectivity index (χ1v) is 8.80. The first kappa shape index (κ1) is 18.2. The Hall–Kier alpha value is -4.13. The Labute approximate surface area is 164 Å². The number of hydrogen-bond donors (Lipinski definition) is 0. The Balaban J connectivity index is 1.47. The van der Waals surface area contributed by atoms with E-state index in [0.717, 1.165) is 0 Å². The molecule has 1 aliphatic rings. The molecule has 2 aromatic heterocycles. The summed E-state index contributed by atoms with van der Waals surface area (Å²) in [5, 5.41) is 20.3. The quantitative estimate of drug-likeness (QED) is 0.488. The van der Waals surface area contributed by atoms with E-state index in [1.807, 2.05) is 11.0 Å². The maximum Gasteiger partial charge on any atom is 0.270 e. The first-order valence-electron chi connectivity index (χ1n) is 8.80. The summed E-state index contributed by atoms with van der Waals surface area (Å²) >= 11 is 0. The molecule has 1 saturated heterocycles. The number of nitrogens with zero attached hydrogens (tertiary/aromatic N) is 5. The molecule has 0 atom stereocenters. The van der Waals surface area contributed by atoms with Crippen LogP contribution in [0.5, 0.6) is 0 Å². The Bertz CT molecular complexity index is 1090. The minimum absolute atomic E-state index is 0.125. The van der Waals surface area contributed by atoms with Gasteiger partial charge in [-0.1, -0.05) is 6.07 Å². The van der Waals surface area contributed by atoms with Crippen LogP contribution < -0.4 is 4.90 Å². The zero-order valence-corrected chi connectivity index (χ0v) is 15.1. The number of furan rings is 1. The molecule has 29 heavy (non-hydrogen) atoms. The van der Waals surface area contributed by atoms with Crippen molar-refractivity contribution in [3.05, 3.63) is 64.0 Å². The van der Waals surface area contributed by atoms with Crippen LogP contribution in [0.2, 0.25) is 0 Å². The SMILES string of the molecule is N#Cc1nc(-c2ccco2)oc1N1CCN(C(=O)c2cccc([N+](=O)[O-])c2)CC1. The van der Waals surface area contributed by atoms with Crippen LogP contribution in [0.1, 0.15) is 16.1 Å². The molecule has 0 radical (unpaired) electrons. The lowest BCUT2D eigenvalue weighted by molar-refractivity contribution is -0.384. The third-order valence-corrected chi connectivity index (χ3v) is 4.61. The maximum atomic E-state index is 12.7. The predicted molar refractivity (Wildman–Crippen MR) is 100 cm³/mol. The molecule has 1 fully saturated rings. The molecule has 4 rings (SSSR count). The van der Waals surface area contributed by atoms with E-state index < -0.39 is 4.92 Å². The van der Waals surface area contributed by atoms with Gasteiger partial charge in [-0.2, -0.15) is 10.2 Å². The molecule has 1 aromatic carbocycles. The van der Waals surface area contributed by atoms with Crippen LogP contribution in [0, 0.1) is 21.4 Å². The number of carbonyl (C=O) groups excluding carboxylic acids is 1. The summed E-state index contributed by atoms with van der Waals surface area (Å²) in [4.78, 5) is 30.7. The molecule has 3 aromatic rings. The minimum Gasteiger partial charge on any atom is -0.459 e. The number of piperazine rings is 1. The number of nitro groups is 1. The number of nitriles is 1. The fourth-order valence-corrected chi connectivity index (χ4v) is 3.15. The molecule has 10 heteroatoms. The van der Waals surface area contributed by atoms with Crippen molar-refractivity contribution >= 4 is 17.5 Å². The number of carbonyl (C=O) groups is 1. The molecule has 146 valence electrons. The van der Waals surface area contributed by atoms with Gasteiger partial charge in [0.1, 0.15) is 6.07 Å². The van der Waals surface area contributed by atoms with Crippen LogP contribution in [-0.2, 0) is 0 Å². The fourth-order valence-electron chi connectivity index (χ4n) is 3.15. The molecule has 1 amide bonds. The molecule has 0 unspecified atom stereocenters. The van der Waals surface area contributed by atoms with Crippen LogP contribution in [0.3, 0.4) is 0 Å². The van der Waals surface area contributed by atoms with Crippen molar-refractivity contribution in [3.63, 3.8) is 0 Å². The number of nitro benzene ring substituents is 1. The van der Waals surface area contributed by atoms with E-state index in [4.69, 9.17) is 8.83 Å². The molecular formula is C19H15N5O5. The molecule has 1 aliphatic heterocycles. The van der Waals surface area contributed by atoms with E-state index >= 15 is 0 Å². The van der Waals surface area contributed by atoms with Gasteiger partial charge < -0.3 is 18.6 Å². The lowest BCUT2D eigenvalue weighted by atomic mass is 10.1. The molecule has 0 saturated carbocycles. The van der Waals surface area contributed by atoms with Crippen molar-refractivity contribution in [2.45, 2.75) is 0 Å². The highest BCUT2D eigenvalue weighted by atomic mass is 16.6. The highest BCUT2D eigenvalue weighted by Gasteiger charge is 2.28. The number of anilines is 1. The third-order valence-electron chi connectivity index (χ3n) is 4.61. The zero-order chi connectivity index (χ0) is 20.4. The maximum absolute atomic E-state index is 12.7. The van der Waals surface area contributed by atoms with Crippen molar-refractivity contribution in [2.24, 2.45) is 0 Å². The average Bonchev–Trinajstić information content (AvgIpc) is 3.43. The zero-order valence-electron chi connectivity index (χ0n) is 15.1. The van der Waals surface area contributed by atoms with Gasteiger partial charge in [0, 0.05) is 43.9 Å². The van der Waals surface area contributed by atoms with Crippen molar-refractivity contribution in [2.75, 3.05) is 31.1 Å². The number of aromatic nitrogens is 1. The second kappa shape index (κ2) is 7.47. The van der Waals surface area contributed by atoms with E-state index in [1.165, 1.54) is 24.5 Å². The number of oxazole rings is 1. The number of benzene rings is 1. The van der Waals surface area contributed by atoms with E-state index in [-0.39, 0.29) is 28.7 Å². The summed E-state index contributed by atoms with van der Waals surface area (Å²) in [6, 6.07) is 11.1. The summed E-state index contributed by atoms with van der Waals surface area (Å²) in [6.07, 6.45) is 1.49. The van der Waals surface area contributed by atoms with Crippen LogP contribution in [-0.4, -0.2) is 46.9 Å².